The SMILES string of the molecule is CNC(c1cc(Br)ccc1F)c1cc(Br)sc1C. The molecule has 0 bridgehead atoms. The lowest BCUT2D eigenvalue weighted by Gasteiger charge is -2.18. The van der Waals surface area contributed by atoms with Crippen molar-refractivity contribution in [1.29, 1.82) is 0 Å². The number of thiophene rings is 1. The minimum Gasteiger partial charge on any atom is -0.309 e. The first-order valence-electron chi connectivity index (χ1n) is 5.41. The fraction of sp³-hybridized carbons (Fsp3) is 0.231. The van der Waals surface area contributed by atoms with E-state index in [1.807, 2.05) is 26.1 Å². The maximum Gasteiger partial charge on any atom is 0.128 e. The number of rotatable bonds is 3. The highest BCUT2D eigenvalue weighted by Gasteiger charge is 2.20. The second-order valence-electron chi connectivity index (χ2n) is 3.95. The van der Waals surface area contributed by atoms with Gasteiger partial charge in [0.25, 0.3) is 0 Å². The van der Waals surface area contributed by atoms with E-state index in [2.05, 4.69) is 37.2 Å². The van der Waals surface area contributed by atoms with Crippen molar-refractivity contribution in [2.45, 2.75) is 13.0 Å². The van der Waals surface area contributed by atoms with Crippen molar-refractivity contribution in [3.05, 3.63) is 54.3 Å². The number of hydrogen-bond donors (Lipinski definition) is 1. The summed E-state index contributed by atoms with van der Waals surface area (Å²) in [6.07, 6.45) is 0. The molecule has 0 fully saturated rings. The van der Waals surface area contributed by atoms with Gasteiger partial charge in [0, 0.05) is 14.9 Å². The molecule has 2 rings (SSSR count). The quantitative estimate of drug-likeness (QED) is 0.772. The molecule has 96 valence electrons. The number of nitrogens with one attached hydrogen (secondary N) is 1. The molecule has 0 aliphatic heterocycles. The highest BCUT2D eigenvalue weighted by Crippen LogP contribution is 2.35. The van der Waals surface area contributed by atoms with Gasteiger partial charge in [-0.25, -0.2) is 4.39 Å². The Morgan fingerprint density at radius 1 is 1.22 bits per heavy atom. The monoisotopic (exact) mass is 391 g/mol. The molecule has 5 heteroatoms. The van der Waals surface area contributed by atoms with E-state index >= 15 is 0 Å². The highest BCUT2D eigenvalue weighted by molar-refractivity contribution is 9.11. The molecule has 2 aromatic rings. The smallest absolute Gasteiger partial charge is 0.128 e. The van der Waals surface area contributed by atoms with Gasteiger partial charge in [-0.3, -0.25) is 0 Å². The number of halogens is 3. The van der Waals surface area contributed by atoms with Crippen molar-refractivity contribution in [2.75, 3.05) is 7.05 Å². The summed E-state index contributed by atoms with van der Waals surface area (Å²) in [4.78, 5) is 1.18. The third-order valence-corrected chi connectivity index (χ3v) is 4.86. The Balaban J connectivity index is 2.51. The average Bonchev–Trinajstić information content (AvgIpc) is 2.64. The van der Waals surface area contributed by atoms with E-state index in [1.54, 1.807) is 17.4 Å². The summed E-state index contributed by atoms with van der Waals surface area (Å²) in [5.41, 5.74) is 1.76. The summed E-state index contributed by atoms with van der Waals surface area (Å²) < 4.78 is 15.9. The summed E-state index contributed by atoms with van der Waals surface area (Å²) in [7, 11) is 1.84. The van der Waals surface area contributed by atoms with Crippen LogP contribution < -0.4 is 5.32 Å². The Morgan fingerprint density at radius 3 is 2.50 bits per heavy atom. The average molecular weight is 393 g/mol. The lowest BCUT2D eigenvalue weighted by Crippen LogP contribution is -2.19. The van der Waals surface area contributed by atoms with Crippen LogP contribution in [0.15, 0.2) is 32.5 Å². The van der Waals surface area contributed by atoms with E-state index < -0.39 is 0 Å². The molecule has 18 heavy (non-hydrogen) atoms. The molecule has 0 radical (unpaired) electrons. The van der Waals surface area contributed by atoms with Crippen LogP contribution in [0.2, 0.25) is 0 Å². The van der Waals surface area contributed by atoms with Crippen molar-refractivity contribution in [1.82, 2.24) is 5.32 Å². The predicted molar refractivity (Wildman–Crippen MR) is 81.8 cm³/mol. The molecular formula is C13H12Br2FNS. The lowest BCUT2D eigenvalue weighted by atomic mass is 9.99. The van der Waals surface area contributed by atoms with Crippen molar-refractivity contribution in [3.63, 3.8) is 0 Å². The number of hydrogen-bond acceptors (Lipinski definition) is 2. The Hall–Kier alpha value is -0.230. The predicted octanol–water partition coefficient (Wildman–Crippen LogP) is 5.03. The minimum atomic E-state index is -0.195. The molecule has 0 saturated carbocycles. The van der Waals surface area contributed by atoms with Gasteiger partial charge in [0.15, 0.2) is 0 Å². The molecule has 1 nitrogen and oxygen atoms in total. The van der Waals surface area contributed by atoms with Gasteiger partial charge in [0.05, 0.1) is 9.83 Å². The second-order valence-corrected chi connectivity index (χ2v) is 7.50. The second kappa shape index (κ2) is 5.82. The van der Waals surface area contributed by atoms with Crippen LogP contribution >= 0.6 is 43.2 Å². The largest absolute Gasteiger partial charge is 0.309 e. The Morgan fingerprint density at radius 2 is 1.94 bits per heavy atom. The standard InChI is InChI=1S/C13H12Br2FNS/c1-7-9(6-12(15)18-7)13(17-2)10-5-8(14)3-4-11(10)16/h3-6,13,17H,1-2H3. The van der Waals surface area contributed by atoms with Crippen LogP contribution in [0.1, 0.15) is 22.0 Å². The summed E-state index contributed by atoms with van der Waals surface area (Å²) in [6, 6.07) is 6.93. The Bertz CT molecular complexity index is 568. The first-order chi connectivity index (χ1) is 8.52. The van der Waals surface area contributed by atoms with Crippen LogP contribution in [0.25, 0.3) is 0 Å². The fourth-order valence-corrected chi connectivity index (χ4v) is 4.09. The van der Waals surface area contributed by atoms with Crippen LogP contribution in [0.4, 0.5) is 4.39 Å². The van der Waals surface area contributed by atoms with Crippen LogP contribution in [-0.4, -0.2) is 7.05 Å². The maximum absolute atomic E-state index is 14.0. The molecular weight excluding hydrogens is 381 g/mol. The molecule has 1 N–H and O–H groups in total. The third kappa shape index (κ3) is 2.85. The zero-order valence-corrected chi connectivity index (χ0v) is 13.9. The van der Waals surface area contributed by atoms with E-state index in [-0.39, 0.29) is 11.9 Å². The van der Waals surface area contributed by atoms with Gasteiger partial charge in [0.2, 0.25) is 0 Å². The minimum absolute atomic E-state index is 0.134. The Kier molecular flexibility index (Phi) is 4.59. The van der Waals surface area contributed by atoms with Crippen LogP contribution in [0.3, 0.4) is 0 Å². The first kappa shape index (κ1) is 14.2. The normalized spacial score (nSPS) is 12.7. The summed E-state index contributed by atoms with van der Waals surface area (Å²) in [5, 5.41) is 3.18. The van der Waals surface area contributed by atoms with Gasteiger partial charge in [-0.2, -0.15) is 0 Å². The zero-order valence-electron chi connectivity index (χ0n) is 9.93. The fourth-order valence-electron chi connectivity index (χ4n) is 1.96. The molecule has 1 heterocycles. The summed E-state index contributed by atoms with van der Waals surface area (Å²) in [5.74, 6) is -0.195. The first-order valence-corrected chi connectivity index (χ1v) is 7.81. The molecule has 0 aliphatic rings. The molecule has 1 unspecified atom stereocenters. The molecule has 1 atom stereocenters. The summed E-state index contributed by atoms with van der Waals surface area (Å²) in [6.45, 7) is 2.05. The van der Waals surface area contributed by atoms with Crippen LogP contribution in [0.5, 0.6) is 0 Å². The topological polar surface area (TPSA) is 12.0 Å². The van der Waals surface area contributed by atoms with E-state index in [0.717, 1.165) is 13.8 Å². The highest BCUT2D eigenvalue weighted by atomic mass is 79.9. The zero-order chi connectivity index (χ0) is 13.3. The molecule has 0 amide bonds. The van der Waals surface area contributed by atoms with E-state index in [9.17, 15) is 4.39 Å². The molecule has 1 aromatic heterocycles. The van der Waals surface area contributed by atoms with Crippen LogP contribution in [-0.2, 0) is 0 Å². The molecule has 1 aromatic carbocycles. The van der Waals surface area contributed by atoms with Crippen molar-refractivity contribution < 1.29 is 4.39 Å². The maximum atomic E-state index is 14.0. The van der Waals surface area contributed by atoms with Gasteiger partial charge in [-0.1, -0.05) is 15.9 Å². The van der Waals surface area contributed by atoms with Crippen molar-refractivity contribution >= 4 is 43.2 Å². The van der Waals surface area contributed by atoms with Gasteiger partial charge < -0.3 is 5.32 Å². The molecule has 0 saturated heterocycles. The van der Waals surface area contributed by atoms with Gasteiger partial charge in [0.1, 0.15) is 5.82 Å². The molecule has 0 aliphatic carbocycles. The Labute approximate surface area is 127 Å². The van der Waals surface area contributed by atoms with Crippen molar-refractivity contribution in [2.24, 2.45) is 0 Å². The van der Waals surface area contributed by atoms with Crippen molar-refractivity contribution in [3.8, 4) is 0 Å². The van der Waals surface area contributed by atoms with E-state index in [4.69, 9.17) is 0 Å². The van der Waals surface area contributed by atoms with Gasteiger partial charge in [-0.15, -0.1) is 11.3 Å². The van der Waals surface area contributed by atoms with E-state index in [1.165, 1.54) is 10.9 Å². The molecule has 0 spiro atoms. The number of aryl methyl sites for hydroxylation is 1. The van der Waals surface area contributed by atoms with E-state index in [0.29, 0.717) is 5.56 Å². The van der Waals surface area contributed by atoms with Gasteiger partial charge in [-0.05, 0) is 59.7 Å². The number of benzene rings is 1. The third-order valence-electron chi connectivity index (χ3n) is 2.79. The van der Waals surface area contributed by atoms with Gasteiger partial charge >= 0.3 is 0 Å². The summed E-state index contributed by atoms with van der Waals surface area (Å²) >= 11 is 8.52. The van der Waals surface area contributed by atoms with Crippen LogP contribution in [0, 0.1) is 12.7 Å². The lowest BCUT2D eigenvalue weighted by molar-refractivity contribution is 0.575.